The lowest BCUT2D eigenvalue weighted by molar-refractivity contribution is 0.242. The van der Waals surface area contributed by atoms with Gasteiger partial charge in [-0.3, -0.25) is 0 Å². The summed E-state index contributed by atoms with van der Waals surface area (Å²) in [7, 11) is 0. The van der Waals surface area contributed by atoms with E-state index in [4.69, 9.17) is 4.74 Å². The fourth-order valence-electron chi connectivity index (χ4n) is 3.96. The topological polar surface area (TPSA) is 21.3 Å². The zero-order chi connectivity index (χ0) is 14.7. The molecule has 0 spiro atoms. The molecule has 0 radical (unpaired) electrons. The van der Waals surface area contributed by atoms with Crippen molar-refractivity contribution in [2.75, 3.05) is 11.9 Å². The van der Waals surface area contributed by atoms with Crippen molar-refractivity contribution in [3.05, 3.63) is 23.8 Å². The third kappa shape index (κ3) is 3.93. The van der Waals surface area contributed by atoms with Crippen molar-refractivity contribution in [2.24, 2.45) is 11.8 Å². The molecule has 0 bridgehead atoms. The second-order valence-electron chi connectivity index (χ2n) is 7.18. The Labute approximate surface area is 129 Å². The molecular formula is C19H29NO. The molecule has 0 amide bonds. The Hall–Kier alpha value is -1.18. The van der Waals surface area contributed by atoms with E-state index in [0.717, 1.165) is 24.1 Å². The van der Waals surface area contributed by atoms with E-state index in [1.54, 1.807) is 0 Å². The molecule has 0 aromatic heterocycles. The van der Waals surface area contributed by atoms with Gasteiger partial charge in [0, 0.05) is 12.2 Å². The van der Waals surface area contributed by atoms with Gasteiger partial charge in [-0.05, 0) is 62.3 Å². The third-order valence-electron chi connectivity index (χ3n) is 4.93. The van der Waals surface area contributed by atoms with Crippen molar-refractivity contribution in [3.63, 3.8) is 0 Å². The van der Waals surface area contributed by atoms with Crippen LogP contribution in [0.3, 0.4) is 0 Å². The minimum atomic E-state index is 0.248. The van der Waals surface area contributed by atoms with Crippen molar-refractivity contribution in [1.82, 2.24) is 0 Å². The van der Waals surface area contributed by atoms with E-state index < -0.39 is 0 Å². The maximum atomic E-state index is 5.84. The molecular weight excluding hydrogens is 258 g/mol. The number of ether oxygens (including phenoxy) is 1. The van der Waals surface area contributed by atoms with Gasteiger partial charge in [-0.25, -0.2) is 0 Å². The highest BCUT2D eigenvalue weighted by atomic mass is 16.5. The van der Waals surface area contributed by atoms with E-state index >= 15 is 0 Å². The Bertz CT molecular complexity index is 463. The lowest BCUT2D eigenvalue weighted by Crippen LogP contribution is -2.26. The Kier molecular flexibility index (Phi) is 4.72. The van der Waals surface area contributed by atoms with Gasteiger partial charge >= 0.3 is 0 Å². The molecule has 1 heterocycles. The van der Waals surface area contributed by atoms with Crippen LogP contribution in [-0.4, -0.2) is 12.6 Å². The van der Waals surface area contributed by atoms with E-state index in [9.17, 15) is 0 Å². The summed E-state index contributed by atoms with van der Waals surface area (Å²) in [6.07, 6.45) is 10.1. The monoisotopic (exact) mass is 287 g/mol. The van der Waals surface area contributed by atoms with E-state index in [2.05, 4.69) is 37.4 Å². The maximum absolute atomic E-state index is 5.84. The summed E-state index contributed by atoms with van der Waals surface area (Å²) in [5, 5.41) is 3.63. The number of anilines is 1. The number of rotatable bonds is 4. The molecule has 1 saturated carbocycles. The summed E-state index contributed by atoms with van der Waals surface area (Å²) < 4.78 is 5.84. The zero-order valence-corrected chi connectivity index (χ0v) is 13.5. The summed E-state index contributed by atoms with van der Waals surface area (Å²) in [5.74, 6) is 2.79. The first-order valence-corrected chi connectivity index (χ1v) is 8.74. The number of hydrogen-bond acceptors (Lipinski definition) is 2. The van der Waals surface area contributed by atoms with Crippen molar-refractivity contribution in [1.29, 1.82) is 0 Å². The van der Waals surface area contributed by atoms with Crippen molar-refractivity contribution < 1.29 is 4.74 Å². The van der Waals surface area contributed by atoms with Crippen LogP contribution in [0.15, 0.2) is 18.2 Å². The fourth-order valence-corrected chi connectivity index (χ4v) is 3.96. The van der Waals surface area contributed by atoms with Gasteiger partial charge in [0.15, 0.2) is 0 Å². The van der Waals surface area contributed by atoms with Gasteiger partial charge in [0.25, 0.3) is 0 Å². The summed E-state index contributed by atoms with van der Waals surface area (Å²) in [5.41, 5.74) is 2.76. The first kappa shape index (κ1) is 14.7. The third-order valence-corrected chi connectivity index (χ3v) is 4.93. The van der Waals surface area contributed by atoms with Crippen LogP contribution in [0.2, 0.25) is 0 Å². The second-order valence-corrected chi connectivity index (χ2v) is 7.18. The Morgan fingerprint density at radius 2 is 1.95 bits per heavy atom. The normalized spacial score (nSPS) is 22.7. The Morgan fingerprint density at radius 1 is 1.14 bits per heavy atom. The van der Waals surface area contributed by atoms with Crippen LogP contribution in [0.4, 0.5) is 5.69 Å². The standard InChI is InChI=1S/C19H29NO/c1-14(2)21-18-8-9-19-17(12-18)11-16(13-20-19)10-15-6-4-3-5-7-15/h8-9,12,14-16,20H,3-7,10-11,13H2,1-2H3. The van der Waals surface area contributed by atoms with E-state index in [1.807, 2.05) is 0 Å². The van der Waals surface area contributed by atoms with Crippen molar-refractivity contribution in [2.45, 2.75) is 64.9 Å². The first-order valence-electron chi connectivity index (χ1n) is 8.74. The molecule has 1 aliphatic heterocycles. The van der Waals surface area contributed by atoms with Gasteiger partial charge in [0.1, 0.15) is 5.75 Å². The minimum Gasteiger partial charge on any atom is -0.491 e. The second kappa shape index (κ2) is 6.72. The summed E-state index contributed by atoms with van der Waals surface area (Å²) in [6.45, 7) is 5.32. The zero-order valence-electron chi connectivity index (χ0n) is 13.5. The first-order chi connectivity index (χ1) is 10.2. The largest absolute Gasteiger partial charge is 0.491 e. The van der Waals surface area contributed by atoms with Gasteiger partial charge in [-0.2, -0.15) is 0 Å². The molecule has 1 atom stereocenters. The van der Waals surface area contributed by atoms with Gasteiger partial charge in [-0.15, -0.1) is 0 Å². The number of fused-ring (bicyclic) bond motifs is 1. The van der Waals surface area contributed by atoms with Crippen molar-refractivity contribution in [3.8, 4) is 5.75 Å². The van der Waals surface area contributed by atoms with E-state index in [1.165, 1.54) is 56.2 Å². The van der Waals surface area contributed by atoms with Crippen LogP contribution in [-0.2, 0) is 6.42 Å². The highest BCUT2D eigenvalue weighted by Crippen LogP contribution is 2.34. The minimum absolute atomic E-state index is 0.248. The predicted octanol–water partition coefficient (Wildman–Crippen LogP) is 5.03. The smallest absolute Gasteiger partial charge is 0.120 e. The number of benzene rings is 1. The van der Waals surface area contributed by atoms with Gasteiger partial charge in [0.2, 0.25) is 0 Å². The van der Waals surface area contributed by atoms with Crippen molar-refractivity contribution >= 4 is 5.69 Å². The quantitative estimate of drug-likeness (QED) is 0.838. The summed E-state index contributed by atoms with van der Waals surface area (Å²) >= 11 is 0. The van der Waals surface area contributed by atoms with Crippen LogP contribution in [0.25, 0.3) is 0 Å². The Morgan fingerprint density at radius 3 is 2.71 bits per heavy atom. The van der Waals surface area contributed by atoms with Crippen LogP contribution < -0.4 is 10.1 Å². The van der Waals surface area contributed by atoms with Gasteiger partial charge in [0.05, 0.1) is 6.10 Å². The molecule has 3 rings (SSSR count). The molecule has 1 fully saturated rings. The Balaban J connectivity index is 1.62. The maximum Gasteiger partial charge on any atom is 0.120 e. The molecule has 2 heteroatoms. The molecule has 1 unspecified atom stereocenters. The highest BCUT2D eigenvalue weighted by Gasteiger charge is 2.23. The molecule has 2 aliphatic rings. The van der Waals surface area contributed by atoms with Crippen LogP contribution in [0, 0.1) is 11.8 Å². The fraction of sp³-hybridized carbons (Fsp3) is 0.684. The summed E-state index contributed by atoms with van der Waals surface area (Å²) in [4.78, 5) is 0. The molecule has 0 saturated heterocycles. The average molecular weight is 287 g/mol. The summed E-state index contributed by atoms with van der Waals surface area (Å²) in [6, 6.07) is 6.52. The van der Waals surface area contributed by atoms with E-state index in [-0.39, 0.29) is 6.10 Å². The van der Waals surface area contributed by atoms with Gasteiger partial charge in [-0.1, -0.05) is 32.1 Å². The molecule has 1 aromatic carbocycles. The van der Waals surface area contributed by atoms with Crippen LogP contribution >= 0.6 is 0 Å². The number of hydrogen-bond donors (Lipinski definition) is 1. The lowest BCUT2D eigenvalue weighted by atomic mass is 9.80. The molecule has 1 N–H and O–H groups in total. The molecule has 1 aliphatic carbocycles. The van der Waals surface area contributed by atoms with Gasteiger partial charge < -0.3 is 10.1 Å². The molecule has 21 heavy (non-hydrogen) atoms. The van der Waals surface area contributed by atoms with Crippen LogP contribution in [0.5, 0.6) is 5.75 Å². The molecule has 2 nitrogen and oxygen atoms in total. The number of nitrogens with one attached hydrogen (secondary N) is 1. The average Bonchev–Trinajstić information content (AvgIpc) is 2.47. The highest BCUT2D eigenvalue weighted by molar-refractivity contribution is 5.56. The van der Waals surface area contributed by atoms with E-state index in [0.29, 0.717) is 0 Å². The van der Waals surface area contributed by atoms with Crippen LogP contribution in [0.1, 0.15) is 57.9 Å². The SMILES string of the molecule is CC(C)Oc1ccc2c(c1)CC(CC1CCCCC1)CN2. The predicted molar refractivity (Wildman–Crippen MR) is 89.1 cm³/mol. The molecule has 1 aromatic rings. The lowest BCUT2D eigenvalue weighted by Gasteiger charge is -2.31. The molecule has 116 valence electrons.